The Morgan fingerprint density at radius 1 is 1.37 bits per heavy atom. The van der Waals surface area contributed by atoms with E-state index in [9.17, 15) is 4.79 Å². The molecule has 0 amide bonds. The van der Waals surface area contributed by atoms with Crippen LogP contribution in [-0.2, 0) is 9.53 Å². The maximum Gasteiger partial charge on any atom is 0.326 e. The molecule has 110 valence electrons. The van der Waals surface area contributed by atoms with Gasteiger partial charge in [-0.05, 0) is 56.4 Å². The predicted molar refractivity (Wildman–Crippen MR) is 76.9 cm³/mol. The molecule has 3 heteroatoms. The fourth-order valence-corrected chi connectivity index (χ4v) is 4.04. The molecule has 3 nitrogen and oxygen atoms in total. The molecule has 1 aliphatic heterocycles. The first-order valence-corrected chi connectivity index (χ1v) is 7.83. The van der Waals surface area contributed by atoms with Crippen LogP contribution in [0.1, 0.15) is 66.2 Å². The first-order chi connectivity index (χ1) is 8.87. The number of rotatable bonds is 3. The first-order valence-electron chi connectivity index (χ1n) is 7.83. The largest absolute Gasteiger partial charge is 0.461 e. The van der Waals surface area contributed by atoms with Crippen molar-refractivity contribution in [3.05, 3.63) is 0 Å². The molecule has 0 aromatic rings. The van der Waals surface area contributed by atoms with Crippen LogP contribution < -0.4 is 5.32 Å². The highest BCUT2D eigenvalue weighted by molar-refractivity contribution is 5.81. The number of carbonyl (C=O) groups excluding carboxylic acids is 1. The number of esters is 1. The Balaban J connectivity index is 1.98. The van der Waals surface area contributed by atoms with E-state index in [1.165, 1.54) is 6.42 Å². The van der Waals surface area contributed by atoms with Gasteiger partial charge in [-0.3, -0.25) is 4.79 Å². The van der Waals surface area contributed by atoms with Crippen LogP contribution in [0.25, 0.3) is 0 Å². The fraction of sp³-hybridized carbons (Fsp3) is 0.938. The minimum absolute atomic E-state index is 0.0117. The van der Waals surface area contributed by atoms with Crippen molar-refractivity contribution < 1.29 is 9.53 Å². The average Bonchev–Trinajstić information content (AvgIpc) is 2.75. The third-order valence-electron chi connectivity index (χ3n) is 4.86. The van der Waals surface area contributed by atoms with Gasteiger partial charge in [0, 0.05) is 0 Å². The number of ether oxygens (including phenoxy) is 1. The molecule has 3 unspecified atom stereocenters. The van der Waals surface area contributed by atoms with Gasteiger partial charge in [0.2, 0.25) is 0 Å². The summed E-state index contributed by atoms with van der Waals surface area (Å²) in [7, 11) is 0. The second kappa shape index (κ2) is 5.43. The van der Waals surface area contributed by atoms with Gasteiger partial charge in [0.15, 0.2) is 0 Å². The maximum atomic E-state index is 12.5. The van der Waals surface area contributed by atoms with Crippen LogP contribution in [0.2, 0.25) is 0 Å². The van der Waals surface area contributed by atoms with Crippen molar-refractivity contribution in [3.63, 3.8) is 0 Å². The Hall–Kier alpha value is -0.570. The monoisotopic (exact) mass is 267 g/mol. The summed E-state index contributed by atoms with van der Waals surface area (Å²) in [5, 5.41) is 3.37. The van der Waals surface area contributed by atoms with Crippen LogP contribution in [0.3, 0.4) is 0 Å². The van der Waals surface area contributed by atoms with Gasteiger partial charge in [-0.15, -0.1) is 0 Å². The van der Waals surface area contributed by atoms with Crippen molar-refractivity contribution >= 4 is 5.97 Å². The molecule has 0 aromatic carbocycles. The normalized spacial score (nSPS) is 38.1. The van der Waals surface area contributed by atoms with Crippen molar-refractivity contribution in [1.29, 1.82) is 0 Å². The van der Waals surface area contributed by atoms with Gasteiger partial charge in [0.25, 0.3) is 0 Å². The average molecular weight is 267 g/mol. The van der Waals surface area contributed by atoms with Gasteiger partial charge in [-0.1, -0.05) is 27.7 Å². The topological polar surface area (TPSA) is 38.3 Å². The summed E-state index contributed by atoms with van der Waals surface area (Å²) in [4.78, 5) is 12.5. The number of hydrogen-bond acceptors (Lipinski definition) is 3. The second-order valence-corrected chi connectivity index (χ2v) is 7.41. The lowest BCUT2D eigenvalue weighted by atomic mass is 9.71. The summed E-state index contributed by atoms with van der Waals surface area (Å²) in [6.07, 6.45) is 6.20. The molecule has 0 bridgehead atoms. The van der Waals surface area contributed by atoms with Gasteiger partial charge in [0.1, 0.15) is 11.6 Å². The molecule has 1 N–H and O–H groups in total. The Morgan fingerprint density at radius 3 is 2.63 bits per heavy atom. The molecule has 0 radical (unpaired) electrons. The Morgan fingerprint density at radius 2 is 2.11 bits per heavy atom. The molecule has 1 saturated carbocycles. The molecule has 0 aromatic heterocycles. The van der Waals surface area contributed by atoms with E-state index in [-0.39, 0.29) is 12.1 Å². The van der Waals surface area contributed by atoms with Gasteiger partial charge in [-0.25, -0.2) is 0 Å². The SMILES string of the molecule is CCC1(C(=O)OC2CC(C)CC(C)(C)C2)CCCN1. The van der Waals surface area contributed by atoms with E-state index in [1.54, 1.807) is 0 Å². The van der Waals surface area contributed by atoms with Gasteiger partial charge >= 0.3 is 5.97 Å². The summed E-state index contributed by atoms with van der Waals surface area (Å²) < 4.78 is 5.87. The molecule has 2 fully saturated rings. The molecule has 2 rings (SSSR count). The van der Waals surface area contributed by atoms with Crippen molar-refractivity contribution in [2.24, 2.45) is 11.3 Å². The Labute approximate surface area is 117 Å². The maximum absolute atomic E-state index is 12.5. The highest BCUT2D eigenvalue weighted by Crippen LogP contribution is 2.40. The van der Waals surface area contributed by atoms with E-state index >= 15 is 0 Å². The van der Waals surface area contributed by atoms with E-state index in [1.807, 2.05) is 0 Å². The molecule has 3 atom stereocenters. The molecule has 1 heterocycles. The van der Waals surface area contributed by atoms with E-state index in [0.29, 0.717) is 11.3 Å². The van der Waals surface area contributed by atoms with Gasteiger partial charge in [-0.2, -0.15) is 0 Å². The van der Waals surface area contributed by atoms with E-state index in [2.05, 4.69) is 33.0 Å². The van der Waals surface area contributed by atoms with Crippen molar-refractivity contribution in [2.45, 2.75) is 77.9 Å². The molecule has 2 aliphatic rings. The van der Waals surface area contributed by atoms with E-state index < -0.39 is 5.54 Å². The summed E-state index contributed by atoms with van der Waals surface area (Å²) in [6, 6.07) is 0. The fourth-order valence-electron chi connectivity index (χ4n) is 4.04. The van der Waals surface area contributed by atoms with E-state index in [0.717, 1.165) is 38.6 Å². The van der Waals surface area contributed by atoms with Gasteiger partial charge < -0.3 is 10.1 Å². The van der Waals surface area contributed by atoms with Crippen molar-refractivity contribution in [1.82, 2.24) is 5.32 Å². The smallest absolute Gasteiger partial charge is 0.326 e. The lowest BCUT2D eigenvalue weighted by molar-refractivity contribution is -0.161. The Kier molecular flexibility index (Phi) is 4.24. The predicted octanol–water partition coefficient (Wildman–Crippen LogP) is 3.28. The van der Waals surface area contributed by atoms with Crippen LogP contribution in [0.15, 0.2) is 0 Å². The van der Waals surface area contributed by atoms with Crippen LogP contribution in [0.4, 0.5) is 0 Å². The number of carbonyl (C=O) groups is 1. The lowest BCUT2D eigenvalue weighted by Gasteiger charge is -2.39. The highest BCUT2D eigenvalue weighted by Gasteiger charge is 2.43. The number of hydrogen-bond donors (Lipinski definition) is 1. The summed E-state index contributed by atoms with van der Waals surface area (Å²) in [5.41, 5.74) is -0.101. The van der Waals surface area contributed by atoms with Crippen LogP contribution in [0.5, 0.6) is 0 Å². The molecule has 1 saturated heterocycles. The van der Waals surface area contributed by atoms with Crippen LogP contribution in [-0.4, -0.2) is 24.2 Å². The van der Waals surface area contributed by atoms with Crippen molar-refractivity contribution in [3.8, 4) is 0 Å². The standard InChI is InChI=1S/C16H29NO2/c1-5-16(7-6-8-17-16)14(18)19-13-9-12(2)10-15(3,4)11-13/h12-13,17H,5-11H2,1-4H3. The highest BCUT2D eigenvalue weighted by atomic mass is 16.5. The zero-order valence-corrected chi connectivity index (χ0v) is 12.9. The first kappa shape index (κ1) is 14.8. The van der Waals surface area contributed by atoms with Gasteiger partial charge in [0.05, 0.1) is 0 Å². The van der Waals surface area contributed by atoms with Crippen LogP contribution >= 0.6 is 0 Å². The molecule has 1 aliphatic carbocycles. The number of nitrogens with one attached hydrogen (secondary N) is 1. The summed E-state index contributed by atoms with van der Waals surface area (Å²) in [6.45, 7) is 9.85. The van der Waals surface area contributed by atoms with Crippen LogP contribution in [0, 0.1) is 11.3 Å². The zero-order chi connectivity index (χ0) is 14.1. The lowest BCUT2D eigenvalue weighted by Crippen LogP contribution is -2.50. The summed E-state index contributed by atoms with van der Waals surface area (Å²) in [5.74, 6) is 0.637. The zero-order valence-electron chi connectivity index (χ0n) is 12.9. The molecule has 19 heavy (non-hydrogen) atoms. The minimum Gasteiger partial charge on any atom is -0.461 e. The Bertz CT molecular complexity index is 332. The second-order valence-electron chi connectivity index (χ2n) is 7.41. The minimum atomic E-state index is -0.398. The van der Waals surface area contributed by atoms with E-state index in [4.69, 9.17) is 4.74 Å². The quantitative estimate of drug-likeness (QED) is 0.798. The molecular weight excluding hydrogens is 238 g/mol. The molecular formula is C16H29NO2. The third-order valence-corrected chi connectivity index (χ3v) is 4.86. The summed E-state index contributed by atoms with van der Waals surface area (Å²) >= 11 is 0. The van der Waals surface area contributed by atoms with Crippen molar-refractivity contribution in [2.75, 3.05) is 6.54 Å². The molecule has 0 spiro atoms. The third kappa shape index (κ3) is 3.31.